The highest BCUT2D eigenvalue weighted by Gasteiger charge is 2.13. The third kappa shape index (κ3) is 3.69. The Morgan fingerprint density at radius 1 is 1.29 bits per heavy atom. The fourth-order valence-corrected chi connectivity index (χ4v) is 3.09. The molecule has 2 aromatic carbocycles. The molecule has 1 atom stereocenters. The van der Waals surface area contributed by atoms with Crippen LogP contribution in [0.5, 0.6) is 0 Å². The third-order valence-corrected chi connectivity index (χ3v) is 4.49. The van der Waals surface area contributed by atoms with Crippen LogP contribution in [0.2, 0.25) is 5.02 Å². The number of carboxylic acids is 1. The van der Waals surface area contributed by atoms with Crippen molar-refractivity contribution >= 4 is 28.4 Å². The minimum absolute atomic E-state index is 0.0757. The van der Waals surface area contributed by atoms with Crippen LogP contribution in [0, 0.1) is 11.3 Å². The summed E-state index contributed by atoms with van der Waals surface area (Å²) in [4.78, 5) is 11.4. The fourth-order valence-electron chi connectivity index (χ4n) is 1.78. The van der Waals surface area contributed by atoms with Gasteiger partial charge in [-0.15, -0.1) is 0 Å². The molecule has 0 heterocycles. The van der Waals surface area contributed by atoms with E-state index in [1.807, 2.05) is 6.07 Å². The van der Waals surface area contributed by atoms with E-state index >= 15 is 0 Å². The second-order valence-corrected chi connectivity index (χ2v) is 6.11. The van der Waals surface area contributed by atoms with Crippen LogP contribution in [-0.4, -0.2) is 15.3 Å². The van der Waals surface area contributed by atoms with Crippen LogP contribution in [0.1, 0.15) is 21.5 Å². The van der Waals surface area contributed by atoms with E-state index in [1.165, 1.54) is 12.1 Å². The first-order valence-corrected chi connectivity index (χ1v) is 7.61. The zero-order valence-corrected chi connectivity index (χ0v) is 12.3. The Bertz CT molecular complexity index is 768. The molecule has 2 rings (SSSR count). The van der Waals surface area contributed by atoms with Crippen molar-refractivity contribution in [2.45, 2.75) is 10.6 Å². The van der Waals surface area contributed by atoms with Gasteiger partial charge in [0.2, 0.25) is 0 Å². The van der Waals surface area contributed by atoms with E-state index in [-0.39, 0.29) is 16.3 Å². The molecular weight excluding hydrogens is 310 g/mol. The van der Waals surface area contributed by atoms with E-state index in [0.29, 0.717) is 10.5 Å². The molecule has 21 heavy (non-hydrogen) atoms. The summed E-state index contributed by atoms with van der Waals surface area (Å²) in [6, 6.07) is 13.1. The number of nitriles is 1. The fraction of sp³-hybridized carbons (Fsp3) is 0.0667. The summed E-state index contributed by atoms with van der Waals surface area (Å²) in [6.45, 7) is 0. The minimum atomic E-state index is -1.41. The molecule has 6 heteroatoms. The smallest absolute Gasteiger partial charge is 0.337 e. The summed E-state index contributed by atoms with van der Waals surface area (Å²) in [5.41, 5.74) is 1.17. The van der Waals surface area contributed by atoms with Crippen molar-refractivity contribution in [1.82, 2.24) is 0 Å². The maximum absolute atomic E-state index is 12.3. The van der Waals surface area contributed by atoms with Gasteiger partial charge in [0.1, 0.15) is 0 Å². The molecule has 0 aromatic heterocycles. The van der Waals surface area contributed by atoms with Gasteiger partial charge in [-0.05, 0) is 35.9 Å². The number of halogens is 1. The van der Waals surface area contributed by atoms with Gasteiger partial charge in [-0.25, -0.2) is 4.79 Å². The number of rotatable bonds is 4. The summed E-state index contributed by atoms with van der Waals surface area (Å²) in [7, 11) is -1.41. The Hall–Kier alpha value is -2.16. The standard InChI is InChI=1S/C15H10ClNO3S/c16-14-5-4-12(7-13(14)15(18)19)21(20)9-11-3-1-2-10(6-11)8-17/h1-7H,9H2,(H,18,19). The van der Waals surface area contributed by atoms with Gasteiger partial charge in [-0.3, -0.25) is 4.21 Å². The Labute approximate surface area is 129 Å². The lowest BCUT2D eigenvalue weighted by Crippen LogP contribution is -2.02. The molecule has 0 radical (unpaired) electrons. The minimum Gasteiger partial charge on any atom is -0.478 e. The molecule has 4 nitrogen and oxygen atoms in total. The van der Waals surface area contributed by atoms with Gasteiger partial charge in [-0.2, -0.15) is 5.26 Å². The summed E-state index contributed by atoms with van der Waals surface area (Å²) in [5, 5.41) is 18.0. The molecule has 1 unspecified atom stereocenters. The molecule has 0 bridgehead atoms. The maximum atomic E-state index is 12.3. The third-order valence-electron chi connectivity index (χ3n) is 2.78. The summed E-state index contributed by atoms with van der Waals surface area (Å²) in [6.07, 6.45) is 0. The first-order chi connectivity index (χ1) is 10.0. The topological polar surface area (TPSA) is 78.2 Å². The van der Waals surface area contributed by atoms with Gasteiger partial charge < -0.3 is 5.11 Å². The highest BCUT2D eigenvalue weighted by atomic mass is 35.5. The van der Waals surface area contributed by atoms with Gasteiger partial charge >= 0.3 is 5.97 Å². The first-order valence-electron chi connectivity index (χ1n) is 5.91. The molecule has 0 spiro atoms. The molecule has 106 valence electrons. The average Bonchev–Trinajstić information content (AvgIpc) is 2.47. The molecular formula is C15H10ClNO3S. The zero-order chi connectivity index (χ0) is 15.4. The number of benzene rings is 2. The summed E-state index contributed by atoms with van der Waals surface area (Å²) < 4.78 is 12.3. The molecule has 0 amide bonds. The number of aromatic carboxylic acids is 1. The lowest BCUT2D eigenvalue weighted by Gasteiger charge is -2.05. The molecule has 0 aliphatic carbocycles. The van der Waals surface area contributed by atoms with Gasteiger partial charge in [0.05, 0.1) is 38.8 Å². The Balaban J connectivity index is 2.26. The van der Waals surface area contributed by atoms with Crippen molar-refractivity contribution in [3.63, 3.8) is 0 Å². The van der Waals surface area contributed by atoms with Crippen LogP contribution < -0.4 is 0 Å². The number of carboxylic acid groups (broad SMARTS) is 1. The summed E-state index contributed by atoms with van der Waals surface area (Å²) >= 11 is 5.78. The predicted molar refractivity (Wildman–Crippen MR) is 79.7 cm³/mol. The van der Waals surface area contributed by atoms with Crippen molar-refractivity contribution in [1.29, 1.82) is 5.26 Å². The lowest BCUT2D eigenvalue weighted by atomic mass is 10.2. The second kappa shape index (κ2) is 6.53. The van der Waals surface area contributed by atoms with Crippen LogP contribution in [0.3, 0.4) is 0 Å². The number of hydrogen-bond acceptors (Lipinski definition) is 3. The molecule has 0 aliphatic heterocycles. The van der Waals surface area contributed by atoms with E-state index in [2.05, 4.69) is 0 Å². The van der Waals surface area contributed by atoms with E-state index < -0.39 is 16.8 Å². The molecule has 0 aliphatic rings. The van der Waals surface area contributed by atoms with Gasteiger partial charge in [0.15, 0.2) is 0 Å². The van der Waals surface area contributed by atoms with Gasteiger partial charge in [0.25, 0.3) is 0 Å². The Kier molecular flexibility index (Phi) is 4.73. The van der Waals surface area contributed by atoms with Crippen LogP contribution >= 0.6 is 11.6 Å². The quantitative estimate of drug-likeness (QED) is 0.938. The van der Waals surface area contributed by atoms with Crippen LogP contribution in [0.25, 0.3) is 0 Å². The van der Waals surface area contributed by atoms with Crippen molar-refractivity contribution in [3.8, 4) is 6.07 Å². The SMILES string of the molecule is N#Cc1cccc(CS(=O)c2ccc(Cl)c(C(=O)O)c2)c1. The average molecular weight is 320 g/mol. The normalized spacial score (nSPS) is 11.6. The molecule has 2 aromatic rings. The maximum Gasteiger partial charge on any atom is 0.337 e. The van der Waals surface area contributed by atoms with Crippen LogP contribution in [0.15, 0.2) is 47.4 Å². The molecule has 0 saturated carbocycles. The summed E-state index contributed by atoms with van der Waals surface area (Å²) in [5.74, 6) is -0.957. The van der Waals surface area contributed by atoms with E-state index in [1.54, 1.807) is 30.3 Å². The van der Waals surface area contributed by atoms with Crippen LogP contribution in [0.4, 0.5) is 0 Å². The molecule has 0 saturated heterocycles. The molecule has 0 fully saturated rings. The van der Waals surface area contributed by atoms with E-state index in [4.69, 9.17) is 22.0 Å². The first kappa shape index (κ1) is 15.2. The van der Waals surface area contributed by atoms with Crippen molar-refractivity contribution in [2.24, 2.45) is 0 Å². The van der Waals surface area contributed by atoms with Crippen molar-refractivity contribution in [2.75, 3.05) is 0 Å². The Morgan fingerprint density at radius 2 is 2.05 bits per heavy atom. The van der Waals surface area contributed by atoms with Crippen LogP contribution in [-0.2, 0) is 16.6 Å². The number of carbonyl (C=O) groups is 1. The van der Waals surface area contributed by atoms with E-state index in [0.717, 1.165) is 5.56 Å². The van der Waals surface area contributed by atoms with Crippen molar-refractivity contribution < 1.29 is 14.1 Å². The molecule has 1 N–H and O–H groups in total. The Morgan fingerprint density at radius 3 is 2.71 bits per heavy atom. The van der Waals surface area contributed by atoms with Gasteiger partial charge in [-0.1, -0.05) is 23.7 Å². The van der Waals surface area contributed by atoms with Crippen molar-refractivity contribution in [3.05, 3.63) is 64.2 Å². The highest BCUT2D eigenvalue weighted by Crippen LogP contribution is 2.21. The second-order valence-electron chi connectivity index (χ2n) is 4.25. The van der Waals surface area contributed by atoms with Gasteiger partial charge in [0, 0.05) is 4.90 Å². The number of nitrogens with zero attached hydrogens (tertiary/aromatic N) is 1. The largest absolute Gasteiger partial charge is 0.478 e. The predicted octanol–water partition coefficient (Wildman–Crippen LogP) is 3.22. The highest BCUT2D eigenvalue weighted by molar-refractivity contribution is 7.84. The monoisotopic (exact) mass is 319 g/mol. The zero-order valence-electron chi connectivity index (χ0n) is 10.7. The number of hydrogen-bond donors (Lipinski definition) is 1. The lowest BCUT2D eigenvalue weighted by molar-refractivity contribution is 0.0697. The van der Waals surface area contributed by atoms with E-state index in [9.17, 15) is 9.00 Å².